The van der Waals surface area contributed by atoms with Gasteiger partial charge in [-0.2, -0.15) is 8.76 Å². The van der Waals surface area contributed by atoms with Crippen LogP contribution in [0.1, 0.15) is 5.82 Å². The quantitative estimate of drug-likeness (QED) is 0.677. The summed E-state index contributed by atoms with van der Waals surface area (Å²) in [5.41, 5.74) is -0.796. The lowest BCUT2D eigenvalue weighted by Gasteiger charge is -2.04. The van der Waals surface area contributed by atoms with Crippen molar-refractivity contribution < 1.29 is 17.7 Å². The number of hydrogen-bond acceptors (Lipinski definition) is 7. The number of anilines is 1. The predicted molar refractivity (Wildman–Crippen MR) is 68.5 cm³/mol. The Kier molecular flexibility index (Phi) is 3.63. The molecule has 1 aromatic carbocycles. The van der Waals surface area contributed by atoms with Gasteiger partial charge in [-0.1, -0.05) is 0 Å². The average molecular weight is 318 g/mol. The Hall–Kier alpha value is -2.14. The van der Waals surface area contributed by atoms with E-state index < -0.39 is 31.3 Å². The highest BCUT2D eigenvalue weighted by Gasteiger charge is 2.21. The molecule has 0 aliphatic rings. The minimum absolute atomic E-state index is 0.0289. The smallest absolute Gasteiger partial charge is 0.258 e. The van der Waals surface area contributed by atoms with Crippen LogP contribution < -0.4 is 4.72 Å². The van der Waals surface area contributed by atoms with Crippen molar-refractivity contribution >= 4 is 32.4 Å². The fourth-order valence-corrected chi connectivity index (χ4v) is 3.12. The molecule has 11 heteroatoms. The Balaban J connectivity index is 2.35. The molecule has 2 rings (SSSR count). The molecule has 8 nitrogen and oxygen atoms in total. The van der Waals surface area contributed by atoms with Gasteiger partial charge in [0.1, 0.15) is 5.82 Å². The van der Waals surface area contributed by atoms with E-state index >= 15 is 0 Å². The molecular weight excluding hydrogens is 311 g/mol. The van der Waals surface area contributed by atoms with E-state index in [1.807, 2.05) is 0 Å². The van der Waals surface area contributed by atoms with E-state index in [2.05, 4.69) is 14.1 Å². The van der Waals surface area contributed by atoms with Crippen LogP contribution in [0.2, 0.25) is 0 Å². The van der Waals surface area contributed by atoms with Crippen molar-refractivity contribution in [1.29, 1.82) is 0 Å². The van der Waals surface area contributed by atoms with Crippen molar-refractivity contribution in [2.75, 3.05) is 4.72 Å². The molecule has 0 unspecified atom stereocenters. The molecule has 0 bridgehead atoms. The predicted octanol–water partition coefficient (Wildman–Crippen LogP) is 1.69. The van der Waals surface area contributed by atoms with Crippen LogP contribution in [0.25, 0.3) is 0 Å². The van der Waals surface area contributed by atoms with Crippen LogP contribution in [0.3, 0.4) is 0 Å². The van der Waals surface area contributed by atoms with Gasteiger partial charge in [0, 0.05) is 23.7 Å². The lowest BCUT2D eigenvalue weighted by atomic mass is 10.3. The van der Waals surface area contributed by atoms with E-state index in [1.165, 1.54) is 0 Å². The summed E-state index contributed by atoms with van der Waals surface area (Å²) in [6.07, 6.45) is 0. The van der Waals surface area contributed by atoms with Crippen LogP contribution in [0.4, 0.5) is 15.2 Å². The van der Waals surface area contributed by atoms with Gasteiger partial charge in [-0.05, 0) is 13.0 Å². The van der Waals surface area contributed by atoms with Crippen molar-refractivity contribution in [1.82, 2.24) is 9.36 Å². The van der Waals surface area contributed by atoms with Gasteiger partial charge in [-0.25, -0.2) is 13.4 Å². The number of rotatable bonds is 4. The Morgan fingerprint density at radius 1 is 1.45 bits per heavy atom. The number of hydrogen-bond donors (Lipinski definition) is 1. The SMILES string of the molecule is Cc1nsc(NS(=O)(=O)c2ccc([N+](=O)[O-])c(F)c2)n1. The van der Waals surface area contributed by atoms with Crippen molar-refractivity contribution in [3.05, 3.63) is 40.0 Å². The summed E-state index contributed by atoms with van der Waals surface area (Å²) in [5, 5.41) is 10.5. The number of nitro groups is 1. The summed E-state index contributed by atoms with van der Waals surface area (Å²) >= 11 is 0.830. The zero-order valence-electron chi connectivity index (χ0n) is 9.90. The highest BCUT2D eigenvalue weighted by Crippen LogP contribution is 2.23. The Morgan fingerprint density at radius 3 is 2.65 bits per heavy atom. The number of sulfonamides is 1. The zero-order valence-corrected chi connectivity index (χ0v) is 11.5. The maximum Gasteiger partial charge on any atom is 0.304 e. The number of aromatic nitrogens is 2. The van der Waals surface area contributed by atoms with E-state index in [-0.39, 0.29) is 5.13 Å². The summed E-state index contributed by atoms with van der Waals surface area (Å²) in [4.78, 5) is 12.9. The largest absolute Gasteiger partial charge is 0.304 e. The van der Waals surface area contributed by atoms with Gasteiger partial charge in [0.15, 0.2) is 0 Å². The average Bonchev–Trinajstić information content (AvgIpc) is 2.73. The first-order valence-corrected chi connectivity index (χ1v) is 7.32. The molecule has 106 valence electrons. The lowest BCUT2D eigenvalue weighted by Crippen LogP contribution is -2.13. The van der Waals surface area contributed by atoms with Crippen LogP contribution in [0.5, 0.6) is 0 Å². The topological polar surface area (TPSA) is 115 Å². The highest BCUT2D eigenvalue weighted by atomic mass is 32.2. The standard InChI is InChI=1S/C9H7FN4O4S2/c1-5-11-9(19-12-5)13-20(17,18)6-2-3-8(14(15)16)7(10)4-6/h2-4H,1H3,(H,11,12,13). The monoisotopic (exact) mass is 318 g/mol. The number of halogens is 1. The molecule has 0 atom stereocenters. The van der Waals surface area contributed by atoms with Gasteiger partial charge < -0.3 is 0 Å². The molecule has 0 spiro atoms. The normalized spacial score (nSPS) is 11.3. The van der Waals surface area contributed by atoms with E-state index in [0.29, 0.717) is 11.9 Å². The highest BCUT2D eigenvalue weighted by molar-refractivity contribution is 7.93. The molecule has 0 fully saturated rings. The van der Waals surface area contributed by atoms with E-state index in [4.69, 9.17) is 0 Å². The molecule has 1 heterocycles. The lowest BCUT2D eigenvalue weighted by molar-refractivity contribution is -0.387. The number of benzene rings is 1. The van der Waals surface area contributed by atoms with Gasteiger partial charge in [-0.3, -0.25) is 14.8 Å². The van der Waals surface area contributed by atoms with E-state index in [1.54, 1.807) is 6.92 Å². The maximum absolute atomic E-state index is 13.4. The first-order valence-electron chi connectivity index (χ1n) is 5.06. The van der Waals surface area contributed by atoms with E-state index in [0.717, 1.165) is 23.7 Å². The Morgan fingerprint density at radius 2 is 2.15 bits per heavy atom. The summed E-state index contributed by atoms with van der Waals surface area (Å²) in [6, 6.07) is 2.31. The van der Waals surface area contributed by atoms with Crippen LogP contribution in [-0.2, 0) is 10.0 Å². The minimum Gasteiger partial charge on any atom is -0.258 e. The second-order valence-electron chi connectivity index (χ2n) is 3.62. The first-order chi connectivity index (χ1) is 9.29. The molecule has 0 saturated carbocycles. The molecule has 0 aliphatic heterocycles. The van der Waals surface area contributed by atoms with Crippen LogP contribution >= 0.6 is 11.5 Å². The zero-order chi connectivity index (χ0) is 14.9. The van der Waals surface area contributed by atoms with Gasteiger partial charge in [-0.15, -0.1) is 0 Å². The first kappa shape index (κ1) is 14.3. The van der Waals surface area contributed by atoms with Crippen LogP contribution in [0, 0.1) is 22.9 Å². The van der Waals surface area contributed by atoms with Crippen molar-refractivity contribution in [2.24, 2.45) is 0 Å². The summed E-state index contributed by atoms with van der Waals surface area (Å²) in [6.45, 7) is 1.58. The van der Waals surface area contributed by atoms with E-state index in [9.17, 15) is 22.9 Å². The maximum atomic E-state index is 13.4. The third-order valence-electron chi connectivity index (χ3n) is 2.18. The van der Waals surface area contributed by atoms with Crippen LogP contribution in [-0.4, -0.2) is 22.7 Å². The summed E-state index contributed by atoms with van der Waals surface area (Å²) in [7, 11) is -4.07. The molecule has 0 aliphatic carbocycles. The molecule has 0 amide bonds. The number of nitro benzene ring substituents is 1. The number of nitrogens with zero attached hydrogens (tertiary/aromatic N) is 3. The van der Waals surface area contributed by atoms with Gasteiger partial charge in [0.25, 0.3) is 10.0 Å². The summed E-state index contributed by atoms with van der Waals surface area (Å²) < 4.78 is 43.2. The Labute approximate surface area is 116 Å². The molecule has 1 aromatic heterocycles. The van der Waals surface area contributed by atoms with Gasteiger partial charge in [0.05, 0.1) is 9.82 Å². The molecule has 1 N–H and O–H groups in total. The Bertz CT molecular complexity index is 774. The number of aryl methyl sites for hydroxylation is 1. The number of nitrogens with one attached hydrogen (secondary N) is 1. The third kappa shape index (κ3) is 2.88. The van der Waals surface area contributed by atoms with Gasteiger partial charge >= 0.3 is 5.69 Å². The molecule has 20 heavy (non-hydrogen) atoms. The van der Waals surface area contributed by atoms with Crippen molar-refractivity contribution in [3.8, 4) is 0 Å². The molecule has 2 aromatic rings. The minimum atomic E-state index is -4.07. The fourth-order valence-electron chi connectivity index (χ4n) is 1.32. The van der Waals surface area contributed by atoms with Crippen LogP contribution in [0.15, 0.2) is 23.1 Å². The molecular formula is C9H7FN4O4S2. The fraction of sp³-hybridized carbons (Fsp3) is 0.111. The van der Waals surface area contributed by atoms with Crippen molar-refractivity contribution in [3.63, 3.8) is 0 Å². The third-order valence-corrected chi connectivity index (χ3v) is 4.36. The molecule has 0 radical (unpaired) electrons. The second kappa shape index (κ2) is 5.09. The van der Waals surface area contributed by atoms with Crippen molar-refractivity contribution in [2.45, 2.75) is 11.8 Å². The van der Waals surface area contributed by atoms with Gasteiger partial charge in [0.2, 0.25) is 10.9 Å². The second-order valence-corrected chi connectivity index (χ2v) is 6.06. The molecule has 0 saturated heterocycles. The summed E-state index contributed by atoms with van der Waals surface area (Å²) in [5.74, 6) is -0.839.